The lowest BCUT2D eigenvalue weighted by Crippen LogP contribution is -2.31. The third-order valence-electron chi connectivity index (χ3n) is 5.42. The SMILES string of the molecule is O=C(Nc1nnc(-c2ccc(C(F)(F)F)cc2)o1)c1ccc(S(=O)(=O)N2CCCCCC2)cc1. The van der Waals surface area contributed by atoms with Gasteiger partial charge in [0.1, 0.15) is 0 Å². The van der Waals surface area contributed by atoms with Gasteiger partial charge in [0.05, 0.1) is 10.5 Å². The van der Waals surface area contributed by atoms with Crippen molar-refractivity contribution in [2.75, 3.05) is 18.4 Å². The Kier molecular flexibility index (Phi) is 6.71. The van der Waals surface area contributed by atoms with E-state index >= 15 is 0 Å². The molecule has 1 saturated heterocycles. The normalized spacial score (nSPS) is 15.6. The molecular weight excluding hydrogens is 473 g/mol. The molecule has 1 N–H and O–H groups in total. The molecule has 0 radical (unpaired) electrons. The Labute approximate surface area is 193 Å². The van der Waals surface area contributed by atoms with Crippen molar-refractivity contribution in [1.82, 2.24) is 14.5 Å². The van der Waals surface area contributed by atoms with Crippen LogP contribution in [0.15, 0.2) is 57.8 Å². The van der Waals surface area contributed by atoms with E-state index in [2.05, 4.69) is 15.5 Å². The molecule has 0 bridgehead atoms. The predicted molar refractivity (Wildman–Crippen MR) is 116 cm³/mol. The Morgan fingerprint density at radius 1 is 0.912 bits per heavy atom. The van der Waals surface area contributed by atoms with Gasteiger partial charge in [-0.15, -0.1) is 5.10 Å². The molecule has 1 aliphatic heterocycles. The number of amides is 1. The fourth-order valence-corrected chi connectivity index (χ4v) is 5.09. The maximum absolute atomic E-state index is 12.9. The highest BCUT2D eigenvalue weighted by Crippen LogP contribution is 2.31. The minimum Gasteiger partial charge on any atom is -0.403 e. The standard InChI is InChI=1S/C22H21F3N4O4S/c23-22(24,25)17-9-5-16(6-10-17)20-27-28-21(33-20)26-19(30)15-7-11-18(12-8-15)34(31,32)29-13-3-1-2-4-14-29/h5-12H,1-4,13-14H2,(H,26,28,30). The number of sulfonamides is 1. The molecule has 1 amide bonds. The molecule has 4 rings (SSSR count). The molecule has 0 saturated carbocycles. The number of carbonyl (C=O) groups is 1. The number of nitrogens with one attached hydrogen (secondary N) is 1. The molecule has 1 aromatic heterocycles. The molecule has 3 aromatic rings. The van der Waals surface area contributed by atoms with Crippen LogP contribution in [0.4, 0.5) is 19.2 Å². The summed E-state index contributed by atoms with van der Waals surface area (Å²) in [5, 5.41) is 9.81. The summed E-state index contributed by atoms with van der Waals surface area (Å²) >= 11 is 0. The van der Waals surface area contributed by atoms with Crippen LogP contribution in [0, 0.1) is 0 Å². The average Bonchev–Trinajstić information content (AvgIpc) is 3.09. The van der Waals surface area contributed by atoms with Crippen molar-refractivity contribution < 1.29 is 30.8 Å². The van der Waals surface area contributed by atoms with Crippen molar-refractivity contribution in [3.63, 3.8) is 0 Å². The van der Waals surface area contributed by atoms with E-state index in [1.807, 2.05) is 0 Å². The number of carbonyl (C=O) groups excluding carboxylic acids is 1. The highest BCUT2D eigenvalue weighted by atomic mass is 32.2. The van der Waals surface area contributed by atoms with E-state index in [4.69, 9.17) is 4.42 Å². The van der Waals surface area contributed by atoms with Gasteiger partial charge in [-0.2, -0.15) is 17.5 Å². The minimum atomic E-state index is -4.46. The number of hydrogen-bond acceptors (Lipinski definition) is 6. The van der Waals surface area contributed by atoms with Crippen LogP contribution in [0.5, 0.6) is 0 Å². The number of hydrogen-bond donors (Lipinski definition) is 1. The Hall–Kier alpha value is -3.25. The van der Waals surface area contributed by atoms with Gasteiger partial charge < -0.3 is 4.42 Å². The molecular formula is C22H21F3N4O4S. The van der Waals surface area contributed by atoms with E-state index in [0.717, 1.165) is 37.8 Å². The van der Waals surface area contributed by atoms with Gasteiger partial charge in [-0.05, 0) is 61.4 Å². The fourth-order valence-electron chi connectivity index (χ4n) is 3.57. The van der Waals surface area contributed by atoms with Gasteiger partial charge >= 0.3 is 12.2 Å². The monoisotopic (exact) mass is 494 g/mol. The molecule has 2 heterocycles. The molecule has 2 aromatic carbocycles. The first-order valence-electron chi connectivity index (χ1n) is 10.6. The number of anilines is 1. The molecule has 34 heavy (non-hydrogen) atoms. The Bertz CT molecular complexity index is 1250. The maximum Gasteiger partial charge on any atom is 0.416 e. The lowest BCUT2D eigenvalue weighted by Gasteiger charge is -2.19. The minimum absolute atomic E-state index is 0.0667. The summed E-state index contributed by atoms with van der Waals surface area (Å²) in [5.74, 6) is -0.677. The third kappa shape index (κ3) is 5.28. The van der Waals surface area contributed by atoms with Crippen LogP contribution in [-0.4, -0.2) is 41.9 Å². The topological polar surface area (TPSA) is 105 Å². The second-order valence-corrected chi connectivity index (χ2v) is 9.72. The molecule has 12 heteroatoms. The number of nitrogens with zero attached hydrogens (tertiary/aromatic N) is 3. The number of aromatic nitrogens is 2. The molecule has 0 aliphatic carbocycles. The zero-order chi connectivity index (χ0) is 24.3. The average molecular weight is 494 g/mol. The maximum atomic E-state index is 12.9. The zero-order valence-electron chi connectivity index (χ0n) is 17.9. The fraction of sp³-hybridized carbons (Fsp3) is 0.318. The van der Waals surface area contributed by atoms with Gasteiger partial charge in [-0.25, -0.2) is 8.42 Å². The summed E-state index contributed by atoms with van der Waals surface area (Å²) in [6.07, 6.45) is -0.825. The van der Waals surface area contributed by atoms with Gasteiger partial charge in [0.25, 0.3) is 5.91 Å². The lowest BCUT2D eigenvalue weighted by molar-refractivity contribution is -0.137. The zero-order valence-corrected chi connectivity index (χ0v) is 18.7. The van der Waals surface area contributed by atoms with Crippen LogP contribution in [0.2, 0.25) is 0 Å². The first-order chi connectivity index (χ1) is 16.1. The van der Waals surface area contributed by atoms with Gasteiger partial charge in [0.15, 0.2) is 0 Å². The molecule has 180 valence electrons. The predicted octanol–water partition coefficient (Wildman–Crippen LogP) is 4.57. The van der Waals surface area contributed by atoms with E-state index < -0.39 is 27.7 Å². The van der Waals surface area contributed by atoms with E-state index in [9.17, 15) is 26.4 Å². The van der Waals surface area contributed by atoms with Gasteiger partial charge in [-0.3, -0.25) is 10.1 Å². The second-order valence-electron chi connectivity index (χ2n) is 7.78. The van der Waals surface area contributed by atoms with E-state index in [-0.39, 0.29) is 27.9 Å². The first kappa shape index (κ1) is 23.9. The summed E-state index contributed by atoms with van der Waals surface area (Å²) in [5.41, 5.74) is -0.390. The molecule has 0 unspecified atom stereocenters. The van der Waals surface area contributed by atoms with E-state index in [0.29, 0.717) is 13.1 Å². The number of alkyl halides is 3. The summed E-state index contributed by atoms with van der Waals surface area (Å²) in [4.78, 5) is 12.6. The number of benzene rings is 2. The summed E-state index contributed by atoms with van der Waals surface area (Å²) in [7, 11) is -3.64. The quantitative estimate of drug-likeness (QED) is 0.557. The van der Waals surface area contributed by atoms with Gasteiger partial charge in [0.2, 0.25) is 15.9 Å². The molecule has 8 nitrogen and oxygen atoms in total. The van der Waals surface area contributed by atoms with Crippen molar-refractivity contribution in [2.24, 2.45) is 0 Å². The highest BCUT2D eigenvalue weighted by molar-refractivity contribution is 7.89. The van der Waals surface area contributed by atoms with E-state index in [1.165, 1.54) is 40.7 Å². The van der Waals surface area contributed by atoms with Crippen LogP contribution < -0.4 is 5.32 Å². The van der Waals surface area contributed by atoms with Crippen molar-refractivity contribution in [2.45, 2.75) is 36.8 Å². The summed E-state index contributed by atoms with van der Waals surface area (Å²) in [6.45, 7) is 0.950. The van der Waals surface area contributed by atoms with Gasteiger partial charge in [-0.1, -0.05) is 17.9 Å². The Morgan fingerprint density at radius 2 is 1.53 bits per heavy atom. The smallest absolute Gasteiger partial charge is 0.403 e. The lowest BCUT2D eigenvalue weighted by atomic mass is 10.1. The third-order valence-corrected chi connectivity index (χ3v) is 7.34. The van der Waals surface area contributed by atoms with Crippen LogP contribution >= 0.6 is 0 Å². The second kappa shape index (κ2) is 9.55. The van der Waals surface area contributed by atoms with Crippen LogP contribution in [0.3, 0.4) is 0 Å². The van der Waals surface area contributed by atoms with Gasteiger partial charge in [0, 0.05) is 24.2 Å². The molecule has 0 spiro atoms. The Morgan fingerprint density at radius 3 is 2.12 bits per heavy atom. The van der Waals surface area contributed by atoms with E-state index in [1.54, 1.807) is 0 Å². The van der Waals surface area contributed by atoms with Crippen molar-refractivity contribution >= 4 is 21.9 Å². The number of halogens is 3. The van der Waals surface area contributed by atoms with Crippen LogP contribution in [0.25, 0.3) is 11.5 Å². The van der Waals surface area contributed by atoms with Crippen molar-refractivity contribution in [3.05, 3.63) is 59.7 Å². The van der Waals surface area contributed by atoms with Crippen LogP contribution in [0.1, 0.15) is 41.6 Å². The largest absolute Gasteiger partial charge is 0.416 e. The number of rotatable bonds is 5. The molecule has 1 aliphatic rings. The van der Waals surface area contributed by atoms with Crippen LogP contribution in [-0.2, 0) is 16.2 Å². The highest BCUT2D eigenvalue weighted by Gasteiger charge is 2.30. The first-order valence-corrected chi connectivity index (χ1v) is 12.0. The Balaban J connectivity index is 1.43. The summed E-state index contributed by atoms with van der Waals surface area (Å²) < 4.78 is 70.6. The molecule has 0 atom stereocenters. The molecule has 1 fully saturated rings. The van der Waals surface area contributed by atoms with Crippen molar-refractivity contribution in [1.29, 1.82) is 0 Å². The van der Waals surface area contributed by atoms with Crippen molar-refractivity contribution in [3.8, 4) is 11.5 Å². The summed E-state index contributed by atoms with van der Waals surface area (Å²) in [6, 6.07) is 9.41.